The molecule has 0 unspecified atom stereocenters. The number of fused-ring (bicyclic) bond motifs is 2. The van der Waals surface area contributed by atoms with Gasteiger partial charge in [0.1, 0.15) is 4.53 Å². The Hall–Kier alpha value is -4.08. The number of rotatable bonds is 4. The first-order valence-electron chi connectivity index (χ1n) is 12.3. The molecule has 0 saturated heterocycles. The molecule has 0 aliphatic carbocycles. The minimum Gasteiger partial charge on any atom is -0.463 e. The summed E-state index contributed by atoms with van der Waals surface area (Å²) < 4.78 is 8.09. The Morgan fingerprint density at radius 2 is 1.72 bits per heavy atom. The fourth-order valence-electron chi connectivity index (χ4n) is 5.05. The summed E-state index contributed by atoms with van der Waals surface area (Å²) in [5, 5.41) is 0. The van der Waals surface area contributed by atoms with Crippen LogP contribution in [-0.4, -0.2) is 30.1 Å². The van der Waals surface area contributed by atoms with E-state index < -0.39 is 12.0 Å². The SMILES string of the molecule is CCOC(=O)C1=C(c2ccccc2)N=c2s/c(=C3\C(=O)N(C)c4ccc(Br)cc43)c(=O)n2[C@@H]1c1ccccc1. The van der Waals surface area contributed by atoms with E-state index in [1.807, 2.05) is 78.9 Å². The van der Waals surface area contributed by atoms with Gasteiger partial charge in [0.2, 0.25) is 0 Å². The zero-order valence-corrected chi connectivity index (χ0v) is 23.5. The van der Waals surface area contributed by atoms with Crippen molar-refractivity contribution in [2.75, 3.05) is 18.6 Å². The number of thiazole rings is 1. The van der Waals surface area contributed by atoms with Gasteiger partial charge in [-0.3, -0.25) is 14.2 Å². The lowest BCUT2D eigenvalue weighted by Crippen LogP contribution is -2.40. The molecular formula is C30H22BrN3O4S. The Kier molecular flexibility index (Phi) is 6.40. The van der Waals surface area contributed by atoms with Gasteiger partial charge in [-0.05, 0) is 30.7 Å². The highest BCUT2D eigenvalue weighted by molar-refractivity contribution is 9.10. The monoisotopic (exact) mass is 599 g/mol. The Morgan fingerprint density at radius 1 is 1.03 bits per heavy atom. The number of ether oxygens (including phenoxy) is 1. The molecule has 1 aromatic heterocycles. The van der Waals surface area contributed by atoms with Gasteiger partial charge in [-0.1, -0.05) is 87.9 Å². The fourth-order valence-corrected chi connectivity index (χ4v) is 6.51. The molecule has 39 heavy (non-hydrogen) atoms. The average Bonchev–Trinajstić information content (AvgIpc) is 3.40. The van der Waals surface area contributed by atoms with Crippen molar-refractivity contribution in [3.63, 3.8) is 0 Å². The van der Waals surface area contributed by atoms with Gasteiger partial charge < -0.3 is 9.64 Å². The van der Waals surface area contributed by atoms with Crippen LogP contribution in [0.1, 0.15) is 29.7 Å². The molecule has 1 atom stereocenters. The van der Waals surface area contributed by atoms with E-state index in [0.29, 0.717) is 21.6 Å². The molecule has 1 amide bonds. The molecular weight excluding hydrogens is 578 g/mol. The van der Waals surface area contributed by atoms with Gasteiger partial charge in [0.15, 0.2) is 4.80 Å². The molecule has 0 saturated carbocycles. The highest BCUT2D eigenvalue weighted by atomic mass is 79.9. The van der Waals surface area contributed by atoms with Crippen LogP contribution in [0.4, 0.5) is 5.69 Å². The zero-order valence-electron chi connectivity index (χ0n) is 21.1. The summed E-state index contributed by atoms with van der Waals surface area (Å²) in [5.74, 6) is -0.810. The van der Waals surface area contributed by atoms with E-state index in [4.69, 9.17) is 9.73 Å². The summed E-state index contributed by atoms with van der Waals surface area (Å²) in [6.07, 6.45) is 0. The number of anilines is 1. The number of nitrogens with zero attached hydrogens (tertiary/aromatic N) is 3. The van der Waals surface area contributed by atoms with Crippen LogP contribution >= 0.6 is 27.3 Å². The summed E-state index contributed by atoms with van der Waals surface area (Å²) in [6.45, 7) is 1.92. The van der Waals surface area contributed by atoms with E-state index in [-0.39, 0.29) is 28.2 Å². The predicted octanol–water partition coefficient (Wildman–Crippen LogP) is 4.04. The van der Waals surface area contributed by atoms with Gasteiger partial charge in [0, 0.05) is 22.6 Å². The second-order valence-electron chi connectivity index (χ2n) is 9.06. The number of carbonyl (C=O) groups excluding carboxylic acids is 2. The standard InChI is InChI=1S/C30H22BrN3O4S/c1-3-38-29(37)23-24(17-10-6-4-7-11-17)32-30-34(25(23)18-12-8-5-9-13-18)28(36)26(39-30)22-20-16-19(31)14-15-21(20)33(2)27(22)35/h4-16,25H,3H2,1-2H3/b26-22-/t25-/m1/s1. The molecule has 194 valence electrons. The first kappa shape index (κ1) is 25.2. The molecule has 6 rings (SSSR count). The number of hydrogen-bond donors (Lipinski definition) is 0. The molecule has 9 heteroatoms. The fraction of sp³-hybridized carbons (Fsp3) is 0.133. The smallest absolute Gasteiger partial charge is 0.338 e. The summed E-state index contributed by atoms with van der Waals surface area (Å²) >= 11 is 4.65. The van der Waals surface area contributed by atoms with Gasteiger partial charge in [-0.25, -0.2) is 9.79 Å². The third-order valence-electron chi connectivity index (χ3n) is 6.80. The largest absolute Gasteiger partial charge is 0.463 e. The topological polar surface area (TPSA) is 81.0 Å². The Labute approximate surface area is 236 Å². The van der Waals surface area contributed by atoms with E-state index in [0.717, 1.165) is 32.6 Å². The number of benzene rings is 3. The van der Waals surface area contributed by atoms with Crippen LogP contribution in [0, 0.1) is 0 Å². The number of halogens is 1. The van der Waals surface area contributed by atoms with Crippen molar-refractivity contribution < 1.29 is 14.3 Å². The maximum Gasteiger partial charge on any atom is 0.338 e. The summed E-state index contributed by atoms with van der Waals surface area (Å²) in [5.41, 5.74) is 3.52. The number of esters is 1. The van der Waals surface area contributed by atoms with Gasteiger partial charge in [-0.15, -0.1) is 0 Å². The highest BCUT2D eigenvalue weighted by Gasteiger charge is 2.37. The van der Waals surface area contributed by atoms with Gasteiger partial charge in [-0.2, -0.15) is 0 Å². The predicted molar refractivity (Wildman–Crippen MR) is 154 cm³/mol. The van der Waals surface area contributed by atoms with Crippen LogP contribution < -0.4 is 19.8 Å². The Morgan fingerprint density at radius 3 is 2.41 bits per heavy atom. The second kappa shape index (κ2) is 9.91. The van der Waals surface area contributed by atoms with Crippen molar-refractivity contribution in [2.24, 2.45) is 4.99 Å². The van der Waals surface area contributed by atoms with Crippen LogP contribution in [-0.2, 0) is 14.3 Å². The number of aromatic nitrogens is 1. The lowest BCUT2D eigenvalue weighted by atomic mass is 9.93. The summed E-state index contributed by atoms with van der Waals surface area (Å²) in [4.78, 5) is 48.0. The van der Waals surface area contributed by atoms with E-state index in [9.17, 15) is 14.4 Å². The minimum atomic E-state index is -0.790. The average molecular weight is 600 g/mol. The maximum absolute atomic E-state index is 14.2. The molecule has 3 aromatic carbocycles. The lowest BCUT2D eigenvalue weighted by molar-refractivity contribution is -0.138. The minimum absolute atomic E-state index is 0.174. The van der Waals surface area contributed by atoms with E-state index in [1.165, 1.54) is 4.57 Å². The van der Waals surface area contributed by atoms with Crippen LogP contribution in [0.25, 0.3) is 11.3 Å². The molecule has 2 aliphatic heterocycles. The van der Waals surface area contributed by atoms with Crippen molar-refractivity contribution >= 4 is 56.1 Å². The third-order valence-corrected chi connectivity index (χ3v) is 8.35. The lowest BCUT2D eigenvalue weighted by Gasteiger charge is -2.25. The Bertz CT molecular complexity index is 1860. The second-order valence-corrected chi connectivity index (χ2v) is 11.0. The molecule has 0 N–H and O–H groups in total. The number of likely N-dealkylation sites (N-methyl/N-ethyl adjacent to an activating group) is 1. The van der Waals surface area contributed by atoms with E-state index in [2.05, 4.69) is 15.9 Å². The molecule has 0 spiro atoms. The Balaban J connectivity index is 1.73. The van der Waals surface area contributed by atoms with Crippen molar-refractivity contribution in [2.45, 2.75) is 13.0 Å². The number of amides is 1. The van der Waals surface area contributed by atoms with Crippen LogP contribution in [0.2, 0.25) is 0 Å². The van der Waals surface area contributed by atoms with Crippen molar-refractivity contribution in [3.05, 3.63) is 125 Å². The van der Waals surface area contributed by atoms with Crippen molar-refractivity contribution in [1.29, 1.82) is 0 Å². The third kappa shape index (κ3) is 4.09. The van der Waals surface area contributed by atoms with Crippen molar-refractivity contribution in [1.82, 2.24) is 4.57 Å². The molecule has 2 aliphatic rings. The van der Waals surface area contributed by atoms with Crippen molar-refractivity contribution in [3.8, 4) is 0 Å². The number of carbonyl (C=O) groups is 2. The molecule has 3 heterocycles. The first-order valence-corrected chi connectivity index (χ1v) is 14.0. The van der Waals surface area contributed by atoms with Crippen LogP contribution in [0.15, 0.2) is 98.7 Å². The van der Waals surface area contributed by atoms with Gasteiger partial charge in [0.25, 0.3) is 11.5 Å². The van der Waals surface area contributed by atoms with E-state index in [1.54, 1.807) is 18.9 Å². The summed E-state index contributed by atoms with van der Waals surface area (Å²) in [7, 11) is 1.69. The first-order chi connectivity index (χ1) is 18.9. The summed E-state index contributed by atoms with van der Waals surface area (Å²) in [6, 6.07) is 23.5. The van der Waals surface area contributed by atoms with E-state index >= 15 is 0 Å². The van der Waals surface area contributed by atoms with Crippen LogP contribution in [0.3, 0.4) is 0 Å². The van der Waals surface area contributed by atoms with Gasteiger partial charge in [0.05, 0.1) is 35.2 Å². The normalized spacial score (nSPS) is 17.6. The molecule has 7 nitrogen and oxygen atoms in total. The van der Waals surface area contributed by atoms with Gasteiger partial charge >= 0.3 is 5.97 Å². The molecule has 0 fully saturated rings. The zero-order chi connectivity index (χ0) is 27.3. The highest BCUT2D eigenvalue weighted by Crippen LogP contribution is 2.37. The number of hydrogen-bond acceptors (Lipinski definition) is 6. The molecule has 4 aromatic rings. The molecule has 0 radical (unpaired) electrons. The maximum atomic E-state index is 14.2. The quantitative estimate of drug-likeness (QED) is 0.332. The molecule has 0 bridgehead atoms. The van der Waals surface area contributed by atoms with Crippen LogP contribution in [0.5, 0.6) is 0 Å².